The van der Waals surface area contributed by atoms with Crippen LogP contribution in [0, 0.1) is 0 Å². The third-order valence-electron chi connectivity index (χ3n) is 4.02. The predicted octanol–water partition coefficient (Wildman–Crippen LogP) is 1.86. The number of piperidine rings is 1. The van der Waals surface area contributed by atoms with Crippen LogP contribution in [0.15, 0.2) is 0 Å². The Morgan fingerprint density at radius 1 is 1.42 bits per heavy atom. The van der Waals surface area contributed by atoms with Crippen LogP contribution < -0.4 is 0 Å². The van der Waals surface area contributed by atoms with E-state index in [1.807, 2.05) is 0 Å². The molecule has 5 nitrogen and oxygen atoms in total. The molecule has 3 atom stereocenters. The van der Waals surface area contributed by atoms with Crippen LogP contribution in [-0.4, -0.2) is 53.6 Å². The molecule has 19 heavy (non-hydrogen) atoms. The molecule has 5 heteroatoms. The summed E-state index contributed by atoms with van der Waals surface area (Å²) in [4.78, 5) is 13.2. The normalized spacial score (nSPS) is 32.9. The molecule has 0 aromatic heterocycles. The van der Waals surface area contributed by atoms with Gasteiger partial charge in [0.15, 0.2) is 6.29 Å². The average molecular weight is 271 g/mol. The van der Waals surface area contributed by atoms with Crippen molar-refractivity contribution in [1.29, 1.82) is 0 Å². The van der Waals surface area contributed by atoms with Gasteiger partial charge in [0.2, 0.25) is 0 Å². The summed E-state index contributed by atoms with van der Waals surface area (Å²) in [7, 11) is 0. The Balaban J connectivity index is 1.82. The van der Waals surface area contributed by atoms with Crippen LogP contribution >= 0.6 is 0 Å². The van der Waals surface area contributed by atoms with Gasteiger partial charge in [0, 0.05) is 18.5 Å². The molecule has 2 fully saturated rings. The van der Waals surface area contributed by atoms with Crippen molar-refractivity contribution in [2.75, 3.05) is 13.2 Å². The van der Waals surface area contributed by atoms with Crippen molar-refractivity contribution >= 4 is 5.97 Å². The first-order valence-electron chi connectivity index (χ1n) is 7.31. The zero-order valence-corrected chi connectivity index (χ0v) is 11.9. The van der Waals surface area contributed by atoms with Crippen LogP contribution in [0.1, 0.15) is 46.0 Å². The third kappa shape index (κ3) is 4.16. The van der Waals surface area contributed by atoms with E-state index >= 15 is 0 Å². The van der Waals surface area contributed by atoms with Gasteiger partial charge in [-0.15, -0.1) is 0 Å². The van der Waals surface area contributed by atoms with Crippen LogP contribution in [-0.2, 0) is 14.3 Å². The van der Waals surface area contributed by atoms with E-state index in [1.165, 1.54) is 19.3 Å². The van der Waals surface area contributed by atoms with Crippen molar-refractivity contribution in [2.45, 2.75) is 70.4 Å². The van der Waals surface area contributed by atoms with Crippen molar-refractivity contribution < 1.29 is 19.4 Å². The number of ether oxygens (including phenoxy) is 2. The minimum Gasteiger partial charge on any atom is -0.481 e. The van der Waals surface area contributed by atoms with Gasteiger partial charge in [0.05, 0.1) is 19.1 Å². The topological polar surface area (TPSA) is 59.0 Å². The lowest BCUT2D eigenvalue weighted by molar-refractivity contribution is -0.140. The van der Waals surface area contributed by atoms with Crippen molar-refractivity contribution in [3.05, 3.63) is 0 Å². The first-order valence-corrected chi connectivity index (χ1v) is 7.31. The van der Waals surface area contributed by atoms with E-state index in [0.717, 1.165) is 13.0 Å². The number of aliphatic carboxylic acids is 1. The monoisotopic (exact) mass is 271 g/mol. The fourth-order valence-electron chi connectivity index (χ4n) is 3.11. The van der Waals surface area contributed by atoms with Gasteiger partial charge in [-0.05, 0) is 33.2 Å². The van der Waals surface area contributed by atoms with Gasteiger partial charge in [-0.25, -0.2) is 0 Å². The molecule has 2 aliphatic rings. The molecular weight excluding hydrogens is 246 g/mol. The Hall–Kier alpha value is -0.650. The molecule has 0 spiro atoms. The number of likely N-dealkylation sites (tertiary alicyclic amines) is 1. The van der Waals surface area contributed by atoms with Crippen molar-refractivity contribution in [2.24, 2.45) is 0 Å². The molecule has 110 valence electrons. The molecular formula is C14H25NO4. The molecule has 2 aliphatic heterocycles. The molecule has 2 rings (SSSR count). The highest BCUT2D eigenvalue weighted by Crippen LogP contribution is 2.27. The van der Waals surface area contributed by atoms with Crippen LogP contribution in [0.2, 0.25) is 0 Å². The maximum Gasteiger partial charge on any atom is 0.306 e. The van der Waals surface area contributed by atoms with Gasteiger partial charge < -0.3 is 14.6 Å². The van der Waals surface area contributed by atoms with Crippen LogP contribution in [0.4, 0.5) is 0 Å². The van der Waals surface area contributed by atoms with Gasteiger partial charge in [0.25, 0.3) is 0 Å². The number of rotatable bonds is 5. The zero-order chi connectivity index (χ0) is 13.8. The van der Waals surface area contributed by atoms with E-state index in [2.05, 4.69) is 18.7 Å². The number of carboxylic acid groups (broad SMARTS) is 1. The molecule has 0 radical (unpaired) electrons. The summed E-state index contributed by atoms with van der Waals surface area (Å²) in [6.07, 6.45) is 4.10. The average Bonchev–Trinajstić information content (AvgIpc) is 2.76. The highest BCUT2D eigenvalue weighted by atomic mass is 16.7. The fourth-order valence-corrected chi connectivity index (χ4v) is 3.11. The van der Waals surface area contributed by atoms with Crippen LogP contribution in [0.3, 0.4) is 0 Å². The Kier molecular flexibility index (Phi) is 5.19. The maximum absolute atomic E-state index is 10.6. The number of nitrogens with zero attached hydrogens (tertiary/aromatic N) is 1. The van der Waals surface area contributed by atoms with E-state index in [-0.39, 0.29) is 18.8 Å². The first kappa shape index (κ1) is 14.8. The minimum atomic E-state index is -0.823. The van der Waals surface area contributed by atoms with Crippen molar-refractivity contribution in [3.63, 3.8) is 0 Å². The lowest BCUT2D eigenvalue weighted by Crippen LogP contribution is -2.45. The van der Waals surface area contributed by atoms with E-state index in [9.17, 15) is 4.79 Å². The SMILES string of the molecule is CC(C)N1CCCCC1CC1OCC(CC(=O)O)O1. The number of hydrogen-bond donors (Lipinski definition) is 1. The Bertz CT molecular complexity index is 308. The van der Waals surface area contributed by atoms with Crippen molar-refractivity contribution in [3.8, 4) is 0 Å². The second-order valence-corrected chi connectivity index (χ2v) is 5.84. The molecule has 0 aromatic rings. The number of carboxylic acids is 1. The minimum absolute atomic E-state index is 0.0368. The number of hydrogen-bond acceptors (Lipinski definition) is 4. The lowest BCUT2D eigenvalue weighted by Gasteiger charge is -2.39. The highest BCUT2D eigenvalue weighted by Gasteiger charge is 2.33. The Morgan fingerprint density at radius 2 is 2.21 bits per heavy atom. The van der Waals surface area contributed by atoms with Gasteiger partial charge in [0.1, 0.15) is 0 Å². The predicted molar refractivity (Wildman–Crippen MR) is 71.0 cm³/mol. The highest BCUT2D eigenvalue weighted by molar-refractivity contribution is 5.67. The Labute approximate surface area is 114 Å². The zero-order valence-electron chi connectivity index (χ0n) is 11.9. The molecule has 2 saturated heterocycles. The van der Waals surface area contributed by atoms with Gasteiger partial charge in [-0.1, -0.05) is 6.42 Å². The molecule has 0 saturated carbocycles. The van der Waals surface area contributed by atoms with Gasteiger partial charge in [-0.3, -0.25) is 9.69 Å². The molecule has 1 N–H and O–H groups in total. The summed E-state index contributed by atoms with van der Waals surface area (Å²) in [5.41, 5.74) is 0. The summed E-state index contributed by atoms with van der Waals surface area (Å²) in [6.45, 7) is 6.00. The third-order valence-corrected chi connectivity index (χ3v) is 4.02. The summed E-state index contributed by atoms with van der Waals surface area (Å²) in [5.74, 6) is -0.823. The number of carbonyl (C=O) groups is 1. The Morgan fingerprint density at radius 3 is 2.89 bits per heavy atom. The van der Waals surface area contributed by atoms with E-state index in [1.54, 1.807) is 0 Å². The second kappa shape index (κ2) is 6.68. The standard InChI is InChI=1S/C14H25NO4/c1-10(2)15-6-4-3-5-11(15)7-14-18-9-12(19-14)8-13(16)17/h10-12,14H,3-9H2,1-2H3,(H,16,17). The smallest absolute Gasteiger partial charge is 0.306 e. The second-order valence-electron chi connectivity index (χ2n) is 5.84. The quantitative estimate of drug-likeness (QED) is 0.827. The van der Waals surface area contributed by atoms with Gasteiger partial charge in [-0.2, -0.15) is 0 Å². The largest absolute Gasteiger partial charge is 0.481 e. The summed E-state index contributed by atoms with van der Waals surface area (Å²) in [6, 6.07) is 1.05. The molecule has 0 amide bonds. The summed E-state index contributed by atoms with van der Waals surface area (Å²) < 4.78 is 11.3. The lowest BCUT2D eigenvalue weighted by atomic mass is 9.97. The molecule has 0 aliphatic carbocycles. The molecule has 0 aromatic carbocycles. The summed E-state index contributed by atoms with van der Waals surface area (Å²) >= 11 is 0. The van der Waals surface area contributed by atoms with Crippen molar-refractivity contribution in [1.82, 2.24) is 4.90 Å². The fraction of sp³-hybridized carbons (Fsp3) is 0.929. The van der Waals surface area contributed by atoms with Crippen LogP contribution in [0.25, 0.3) is 0 Å². The van der Waals surface area contributed by atoms with Gasteiger partial charge >= 0.3 is 5.97 Å². The molecule has 2 heterocycles. The van der Waals surface area contributed by atoms with E-state index in [4.69, 9.17) is 14.6 Å². The first-order chi connectivity index (χ1) is 9.06. The van der Waals surface area contributed by atoms with Crippen LogP contribution in [0.5, 0.6) is 0 Å². The molecule has 0 bridgehead atoms. The van der Waals surface area contributed by atoms with E-state index in [0.29, 0.717) is 18.7 Å². The summed E-state index contributed by atoms with van der Waals surface area (Å²) in [5, 5.41) is 8.75. The molecule has 3 unspecified atom stereocenters. The van der Waals surface area contributed by atoms with E-state index < -0.39 is 5.97 Å². The maximum atomic E-state index is 10.6.